The zero-order valence-electron chi connectivity index (χ0n) is 5.78. The summed E-state index contributed by atoms with van der Waals surface area (Å²) < 4.78 is 0. The average molecular weight is 144 g/mol. The van der Waals surface area contributed by atoms with Crippen LogP contribution in [0.5, 0.6) is 5.75 Å². The highest BCUT2D eigenvalue weighted by molar-refractivity contribution is 5.78. The smallest absolute Gasteiger partial charge is 0.124 e. The maximum absolute atomic E-state index is 9.05. The molecule has 2 aromatic rings. The zero-order valence-corrected chi connectivity index (χ0v) is 5.78. The van der Waals surface area contributed by atoms with Gasteiger partial charge in [0.2, 0.25) is 0 Å². The van der Waals surface area contributed by atoms with Gasteiger partial charge in [-0.3, -0.25) is 4.98 Å². The van der Waals surface area contributed by atoms with Gasteiger partial charge in [0.05, 0.1) is 5.52 Å². The van der Waals surface area contributed by atoms with E-state index in [0.29, 0.717) is 0 Å². The Morgan fingerprint density at radius 3 is 3.09 bits per heavy atom. The number of phenolic OH excluding ortho intramolecular Hbond substituents is 1. The molecule has 0 unspecified atom stereocenters. The van der Waals surface area contributed by atoms with E-state index in [9.17, 15) is 0 Å². The Morgan fingerprint density at radius 2 is 2.18 bits per heavy atom. The molecule has 0 fully saturated rings. The molecular weight excluding hydrogens is 138 g/mol. The zero-order chi connectivity index (χ0) is 7.68. The van der Waals surface area contributed by atoms with Crippen molar-refractivity contribution in [2.24, 2.45) is 0 Å². The largest absolute Gasteiger partial charge is 0.507 e. The Balaban J connectivity index is 2.83. The van der Waals surface area contributed by atoms with Crippen LogP contribution < -0.4 is 0 Å². The van der Waals surface area contributed by atoms with Crippen molar-refractivity contribution in [1.29, 1.82) is 0 Å². The number of phenols is 1. The molecule has 0 saturated carbocycles. The first kappa shape index (κ1) is 6.16. The van der Waals surface area contributed by atoms with Crippen molar-refractivity contribution in [2.75, 3.05) is 0 Å². The third kappa shape index (κ3) is 1.03. The summed E-state index contributed by atoms with van der Waals surface area (Å²) in [5.74, 6) is 0.158. The number of hydrogen-bond acceptors (Lipinski definition) is 2. The van der Waals surface area contributed by atoms with Crippen molar-refractivity contribution in [3.05, 3.63) is 36.5 Å². The highest BCUT2D eigenvalue weighted by Crippen LogP contribution is 2.15. The summed E-state index contributed by atoms with van der Waals surface area (Å²) in [4.78, 5) is 4.08. The highest BCUT2D eigenvalue weighted by Gasteiger charge is 1.93. The number of fused-ring (bicyclic) bond motifs is 1. The minimum atomic E-state index is 0.158. The van der Waals surface area contributed by atoms with E-state index in [1.54, 1.807) is 18.3 Å². The lowest BCUT2D eigenvalue weighted by Crippen LogP contribution is -1.75. The first-order valence-corrected chi connectivity index (χ1v) is 3.32. The lowest BCUT2D eigenvalue weighted by atomic mass is 10.2. The highest BCUT2D eigenvalue weighted by atomic mass is 16.3. The third-order valence-corrected chi connectivity index (χ3v) is 1.50. The first-order chi connectivity index (χ1) is 5.36. The molecule has 1 N–H and O–H groups in total. The van der Waals surface area contributed by atoms with Gasteiger partial charge in [0.25, 0.3) is 0 Å². The van der Waals surface area contributed by atoms with Gasteiger partial charge in [0.15, 0.2) is 0 Å². The predicted octanol–water partition coefficient (Wildman–Crippen LogP) is 1.74. The second-order valence-electron chi connectivity index (χ2n) is 2.28. The number of benzene rings is 1. The molecule has 1 aromatic carbocycles. The van der Waals surface area contributed by atoms with Crippen LogP contribution in [0.15, 0.2) is 30.5 Å². The van der Waals surface area contributed by atoms with E-state index in [0.717, 1.165) is 10.9 Å². The molecule has 2 nitrogen and oxygen atoms in total. The van der Waals surface area contributed by atoms with E-state index >= 15 is 0 Å². The molecule has 11 heavy (non-hydrogen) atoms. The number of pyridine rings is 1. The van der Waals surface area contributed by atoms with Gasteiger partial charge in [0, 0.05) is 17.6 Å². The summed E-state index contributed by atoms with van der Waals surface area (Å²) in [7, 11) is 0. The molecule has 2 rings (SSSR count). The molecular formula is C9H6NO. The van der Waals surface area contributed by atoms with Crippen molar-refractivity contribution in [2.45, 2.75) is 0 Å². The van der Waals surface area contributed by atoms with Crippen LogP contribution in [-0.2, 0) is 0 Å². The monoisotopic (exact) mass is 144 g/mol. The minimum absolute atomic E-state index is 0.158. The molecule has 0 aliphatic rings. The van der Waals surface area contributed by atoms with Crippen molar-refractivity contribution in [3.8, 4) is 5.75 Å². The maximum Gasteiger partial charge on any atom is 0.124 e. The van der Waals surface area contributed by atoms with Crippen LogP contribution in [0.4, 0.5) is 0 Å². The summed E-state index contributed by atoms with van der Waals surface area (Å²) in [6.45, 7) is 0. The Labute approximate surface area is 64.1 Å². The van der Waals surface area contributed by atoms with Gasteiger partial charge in [-0.05, 0) is 18.2 Å². The van der Waals surface area contributed by atoms with Crippen molar-refractivity contribution < 1.29 is 5.11 Å². The first-order valence-electron chi connectivity index (χ1n) is 3.32. The summed E-state index contributed by atoms with van der Waals surface area (Å²) in [6, 6.07) is 9.81. The normalized spacial score (nSPS) is 10.2. The van der Waals surface area contributed by atoms with Gasteiger partial charge in [-0.25, -0.2) is 0 Å². The Kier molecular flexibility index (Phi) is 1.25. The van der Waals surface area contributed by atoms with E-state index in [4.69, 9.17) is 5.11 Å². The molecule has 0 atom stereocenters. The van der Waals surface area contributed by atoms with E-state index in [-0.39, 0.29) is 5.75 Å². The Morgan fingerprint density at radius 1 is 1.27 bits per heavy atom. The molecule has 0 aliphatic heterocycles. The molecule has 0 bridgehead atoms. The van der Waals surface area contributed by atoms with E-state index < -0.39 is 0 Å². The number of aromatic hydroxyl groups is 1. The number of hydrogen-bond donors (Lipinski definition) is 1. The van der Waals surface area contributed by atoms with Crippen molar-refractivity contribution in [3.63, 3.8) is 0 Å². The summed E-state index contributed by atoms with van der Waals surface area (Å²) >= 11 is 0. The molecule has 2 heteroatoms. The van der Waals surface area contributed by atoms with E-state index in [1.165, 1.54) is 0 Å². The lowest BCUT2D eigenvalue weighted by Gasteiger charge is -1.94. The van der Waals surface area contributed by atoms with Crippen molar-refractivity contribution in [1.82, 2.24) is 4.98 Å². The minimum Gasteiger partial charge on any atom is -0.507 e. The maximum atomic E-state index is 9.05. The van der Waals surface area contributed by atoms with Crippen LogP contribution in [-0.4, -0.2) is 10.1 Å². The number of nitrogens with zero attached hydrogens (tertiary/aromatic N) is 1. The third-order valence-electron chi connectivity index (χ3n) is 1.50. The quantitative estimate of drug-likeness (QED) is 0.611. The van der Waals surface area contributed by atoms with Gasteiger partial charge in [0.1, 0.15) is 5.75 Å². The van der Waals surface area contributed by atoms with Crippen LogP contribution >= 0.6 is 0 Å². The average Bonchev–Trinajstić information content (AvgIpc) is 2.04. The summed E-state index contributed by atoms with van der Waals surface area (Å²) in [5, 5.41) is 9.89. The van der Waals surface area contributed by atoms with E-state index in [2.05, 4.69) is 11.1 Å². The Bertz CT molecular complexity index is 384. The van der Waals surface area contributed by atoms with Gasteiger partial charge in [-0.2, -0.15) is 0 Å². The number of rotatable bonds is 0. The predicted molar refractivity (Wildman–Crippen MR) is 42.2 cm³/mol. The van der Waals surface area contributed by atoms with E-state index in [1.807, 2.05) is 12.1 Å². The van der Waals surface area contributed by atoms with Gasteiger partial charge in [-0.15, -0.1) is 0 Å². The topological polar surface area (TPSA) is 33.1 Å². The standard InChI is InChI=1S/C9H6NO/c11-8-3-4-9-7(6-8)2-1-5-10-9/h1-5,11H. The lowest BCUT2D eigenvalue weighted by molar-refractivity contribution is 0.475. The molecule has 0 spiro atoms. The fourth-order valence-electron chi connectivity index (χ4n) is 0.994. The fraction of sp³-hybridized carbons (Fsp3) is 0. The van der Waals surface area contributed by atoms with Crippen LogP contribution in [0.25, 0.3) is 10.9 Å². The summed E-state index contributed by atoms with van der Waals surface area (Å²) in [6.07, 6.45) is 1.72. The fourth-order valence-corrected chi connectivity index (χ4v) is 0.994. The SMILES string of the molecule is Oc1[c]c2cccnc2cc1. The molecule has 1 radical (unpaired) electrons. The van der Waals surface area contributed by atoms with Gasteiger partial charge >= 0.3 is 0 Å². The molecule has 1 aromatic heterocycles. The molecule has 0 amide bonds. The van der Waals surface area contributed by atoms with Crippen LogP contribution in [0.1, 0.15) is 0 Å². The van der Waals surface area contributed by atoms with Crippen LogP contribution in [0.3, 0.4) is 0 Å². The van der Waals surface area contributed by atoms with Crippen LogP contribution in [0, 0.1) is 6.07 Å². The molecule has 53 valence electrons. The molecule has 0 saturated heterocycles. The Hall–Kier alpha value is -1.57. The molecule has 1 heterocycles. The summed E-state index contributed by atoms with van der Waals surface area (Å²) in [5.41, 5.74) is 0.852. The molecule has 0 aliphatic carbocycles. The second-order valence-corrected chi connectivity index (χ2v) is 2.28. The van der Waals surface area contributed by atoms with Gasteiger partial charge in [-0.1, -0.05) is 6.07 Å². The van der Waals surface area contributed by atoms with Crippen LogP contribution in [0.2, 0.25) is 0 Å². The second kappa shape index (κ2) is 2.23. The number of aromatic nitrogens is 1. The van der Waals surface area contributed by atoms with Gasteiger partial charge < -0.3 is 5.11 Å². The van der Waals surface area contributed by atoms with Crippen molar-refractivity contribution >= 4 is 10.9 Å².